The summed E-state index contributed by atoms with van der Waals surface area (Å²) in [5, 5.41) is 14.4. The Morgan fingerprint density at radius 1 is 0.975 bits per heavy atom. The van der Waals surface area contributed by atoms with Crippen LogP contribution in [0.1, 0.15) is 50.4 Å². The van der Waals surface area contributed by atoms with Crippen molar-refractivity contribution >= 4 is 40.4 Å². The molecule has 2 N–H and O–H groups in total. The second-order valence-corrected chi connectivity index (χ2v) is 11.0. The predicted molar refractivity (Wildman–Crippen MR) is 158 cm³/mol. The molecule has 1 heterocycles. The number of amides is 2. The molecule has 0 aromatic heterocycles. The molecule has 3 aromatic carbocycles. The predicted octanol–water partition coefficient (Wildman–Crippen LogP) is 5.64. The standard InChI is InChI=1S/C32H35N3O5/c1-19(36)33-22-11-15-24(16-12-22)35-28(20-8-13-23(14-9-20)34(5)6)27(30(38)31(35)39)29(37)25-18-21(32(2,3)4)10-17-26(25)40-7/h8-18,28,37H,1-7H3,(H,33,36)/b29-27+. The van der Waals surface area contributed by atoms with Gasteiger partial charge in [0.2, 0.25) is 5.91 Å². The number of ketones is 1. The number of rotatable bonds is 6. The van der Waals surface area contributed by atoms with Crippen LogP contribution >= 0.6 is 0 Å². The fraction of sp³-hybridized carbons (Fsp3) is 0.281. The summed E-state index contributed by atoms with van der Waals surface area (Å²) >= 11 is 0. The van der Waals surface area contributed by atoms with Gasteiger partial charge in [-0.05, 0) is 65.1 Å². The molecule has 0 bridgehead atoms. The van der Waals surface area contributed by atoms with Gasteiger partial charge in [-0.15, -0.1) is 0 Å². The molecule has 208 valence electrons. The minimum Gasteiger partial charge on any atom is -0.507 e. The first-order chi connectivity index (χ1) is 18.8. The number of aliphatic hydroxyl groups is 1. The van der Waals surface area contributed by atoms with Crippen molar-refractivity contribution in [1.29, 1.82) is 0 Å². The van der Waals surface area contributed by atoms with Crippen molar-refractivity contribution in [2.75, 3.05) is 36.3 Å². The van der Waals surface area contributed by atoms with Crippen LogP contribution in [0, 0.1) is 0 Å². The van der Waals surface area contributed by atoms with E-state index in [1.54, 1.807) is 36.4 Å². The molecule has 2 amide bonds. The van der Waals surface area contributed by atoms with Gasteiger partial charge in [-0.1, -0.05) is 39.0 Å². The maximum atomic E-state index is 13.6. The summed E-state index contributed by atoms with van der Waals surface area (Å²) in [5.41, 5.74) is 3.62. The summed E-state index contributed by atoms with van der Waals surface area (Å²) in [5.74, 6) is -1.70. The number of ether oxygens (including phenoxy) is 1. The molecule has 1 unspecified atom stereocenters. The number of hydrogen-bond donors (Lipinski definition) is 2. The molecular weight excluding hydrogens is 506 g/mol. The number of benzene rings is 3. The van der Waals surface area contributed by atoms with Gasteiger partial charge < -0.3 is 20.1 Å². The molecule has 1 saturated heterocycles. The normalized spacial score (nSPS) is 16.7. The highest BCUT2D eigenvalue weighted by molar-refractivity contribution is 6.51. The van der Waals surface area contributed by atoms with E-state index in [0.717, 1.165) is 11.3 Å². The van der Waals surface area contributed by atoms with Crippen LogP contribution in [0.4, 0.5) is 17.1 Å². The molecule has 1 fully saturated rings. The maximum absolute atomic E-state index is 13.6. The van der Waals surface area contributed by atoms with Crippen LogP contribution in [0.2, 0.25) is 0 Å². The highest BCUT2D eigenvalue weighted by Crippen LogP contribution is 2.44. The van der Waals surface area contributed by atoms with Gasteiger partial charge in [0.25, 0.3) is 11.7 Å². The van der Waals surface area contributed by atoms with Crippen molar-refractivity contribution in [2.24, 2.45) is 0 Å². The molecule has 1 aliphatic rings. The summed E-state index contributed by atoms with van der Waals surface area (Å²) in [6.07, 6.45) is 0. The second kappa shape index (κ2) is 10.9. The maximum Gasteiger partial charge on any atom is 0.300 e. The van der Waals surface area contributed by atoms with E-state index in [2.05, 4.69) is 26.1 Å². The van der Waals surface area contributed by atoms with Crippen molar-refractivity contribution in [3.05, 3.63) is 89.0 Å². The van der Waals surface area contributed by atoms with Gasteiger partial charge >= 0.3 is 0 Å². The van der Waals surface area contributed by atoms with Crippen molar-refractivity contribution in [3.8, 4) is 5.75 Å². The van der Waals surface area contributed by atoms with Crippen LogP contribution in [0.3, 0.4) is 0 Å². The molecule has 0 saturated carbocycles. The van der Waals surface area contributed by atoms with Crippen LogP contribution in [-0.4, -0.2) is 43.9 Å². The van der Waals surface area contributed by atoms with Crippen LogP contribution in [0.25, 0.3) is 5.76 Å². The van der Waals surface area contributed by atoms with Gasteiger partial charge in [0, 0.05) is 38.1 Å². The number of nitrogens with zero attached hydrogens (tertiary/aromatic N) is 2. The van der Waals surface area contributed by atoms with Gasteiger partial charge in [0.05, 0.1) is 24.3 Å². The monoisotopic (exact) mass is 541 g/mol. The Hall–Kier alpha value is -4.59. The highest BCUT2D eigenvalue weighted by Gasteiger charge is 2.47. The zero-order valence-corrected chi connectivity index (χ0v) is 23.9. The SMILES string of the molecule is COc1ccc(C(C)(C)C)cc1/C(O)=C1\C(=O)C(=O)N(c2ccc(NC(C)=O)cc2)C1c1ccc(N(C)C)cc1. The van der Waals surface area contributed by atoms with Crippen LogP contribution < -0.4 is 19.9 Å². The van der Waals surface area contributed by atoms with E-state index in [9.17, 15) is 19.5 Å². The van der Waals surface area contributed by atoms with E-state index in [4.69, 9.17) is 4.74 Å². The molecule has 0 radical (unpaired) electrons. The topological polar surface area (TPSA) is 99.2 Å². The fourth-order valence-electron chi connectivity index (χ4n) is 4.78. The highest BCUT2D eigenvalue weighted by atomic mass is 16.5. The number of aliphatic hydroxyl groups excluding tert-OH is 1. The van der Waals surface area contributed by atoms with E-state index < -0.39 is 17.7 Å². The smallest absolute Gasteiger partial charge is 0.300 e. The van der Waals surface area contributed by atoms with E-state index >= 15 is 0 Å². The Morgan fingerprint density at radius 3 is 2.12 bits per heavy atom. The molecule has 1 atom stereocenters. The number of carbonyl (C=O) groups excluding carboxylic acids is 3. The first-order valence-corrected chi connectivity index (χ1v) is 13.0. The van der Waals surface area contributed by atoms with Gasteiger partial charge in [-0.25, -0.2) is 0 Å². The molecular formula is C32H35N3O5. The number of nitrogens with one attached hydrogen (secondary N) is 1. The van der Waals surface area contributed by atoms with Crippen molar-refractivity contribution in [3.63, 3.8) is 0 Å². The lowest BCUT2D eigenvalue weighted by molar-refractivity contribution is -0.132. The quantitative estimate of drug-likeness (QED) is 0.238. The third-order valence-electron chi connectivity index (χ3n) is 6.96. The molecule has 1 aliphatic heterocycles. The third kappa shape index (κ3) is 5.43. The number of Topliss-reactive ketones (excluding diaryl/α,β-unsaturated/α-hetero) is 1. The summed E-state index contributed by atoms with van der Waals surface area (Å²) in [7, 11) is 5.34. The molecule has 4 rings (SSSR count). The van der Waals surface area contributed by atoms with E-state index in [0.29, 0.717) is 28.3 Å². The second-order valence-electron chi connectivity index (χ2n) is 11.0. The Labute approximate surface area is 234 Å². The molecule has 8 nitrogen and oxygen atoms in total. The number of methoxy groups -OCH3 is 1. The zero-order valence-electron chi connectivity index (χ0n) is 23.9. The van der Waals surface area contributed by atoms with Gasteiger partial charge in [0.15, 0.2) is 0 Å². The molecule has 3 aromatic rings. The van der Waals surface area contributed by atoms with Gasteiger partial charge in [-0.2, -0.15) is 0 Å². The average molecular weight is 542 g/mol. The van der Waals surface area contributed by atoms with Crippen molar-refractivity contribution < 1.29 is 24.2 Å². The number of carbonyl (C=O) groups is 3. The van der Waals surface area contributed by atoms with E-state index in [1.807, 2.05) is 49.3 Å². The summed E-state index contributed by atoms with van der Waals surface area (Å²) < 4.78 is 5.55. The first kappa shape index (κ1) is 28.4. The van der Waals surface area contributed by atoms with E-state index in [-0.39, 0.29) is 22.7 Å². The first-order valence-electron chi connectivity index (χ1n) is 13.0. The lowest BCUT2D eigenvalue weighted by Crippen LogP contribution is -2.29. The van der Waals surface area contributed by atoms with Gasteiger partial charge in [-0.3, -0.25) is 19.3 Å². The van der Waals surface area contributed by atoms with Crippen molar-refractivity contribution in [2.45, 2.75) is 39.2 Å². The lowest BCUT2D eigenvalue weighted by Gasteiger charge is -2.26. The minimum atomic E-state index is -0.897. The molecule has 0 aliphatic carbocycles. The average Bonchev–Trinajstić information content (AvgIpc) is 3.17. The Morgan fingerprint density at radius 2 is 1.60 bits per heavy atom. The van der Waals surface area contributed by atoms with Crippen LogP contribution in [0.5, 0.6) is 5.75 Å². The largest absolute Gasteiger partial charge is 0.507 e. The Balaban J connectivity index is 1.94. The number of anilines is 3. The van der Waals surface area contributed by atoms with Crippen molar-refractivity contribution in [1.82, 2.24) is 0 Å². The third-order valence-corrected chi connectivity index (χ3v) is 6.96. The summed E-state index contributed by atoms with van der Waals surface area (Å²) in [6.45, 7) is 7.56. The molecule has 8 heteroatoms. The lowest BCUT2D eigenvalue weighted by atomic mass is 9.85. The Bertz CT molecular complexity index is 1480. The zero-order chi connectivity index (χ0) is 29.4. The van der Waals surface area contributed by atoms with Crippen LogP contribution in [0.15, 0.2) is 72.3 Å². The fourth-order valence-corrected chi connectivity index (χ4v) is 4.78. The number of hydrogen-bond acceptors (Lipinski definition) is 6. The van der Waals surface area contributed by atoms with Gasteiger partial charge in [0.1, 0.15) is 11.5 Å². The molecule has 40 heavy (non-hydrogen) atoms. The summed E-state index contributed by atoms with van der Waals surface area (Å²) in [6, 6.07) is 18.7. The molecule has 0 spiro atoms. The van der Waals surface area contributed by atoms with Crippen LogP contribution in [-0.2, 0) is 19.8 Å². The van der Waals surface area contributed by atoms with E-state index in [1.165, 1.54) is 18.9 Å². The minimum absolute atomic E-state index is 0.0297. The Kier molecular flexibility index (Phi) is 7.73. The summed E-state index contributed by atoms with van der Waals surface area (Å²) in [4.78, 5) is 42.0.